The van der Waals surface area contributed by atoms with E-state index in [-0.39, 0.29) is 29.9 Å². The quantitative estimate of drug-likeness (QED) is 0.225. The fourth-order valence-corrected chi connectivity index (χ4v) is 6.81. The van der Waals surface area contributed by atoms with Crippen molar-refractivity contribution in [2.45, 2.75) is 100 Å². The molecule has 5 nitrogen and oxygen atoms in total. The van der Waals surface area contributed by atoms with E-state index in [1.54, 1.807) is 11.8 Å². The first-order chi connectivity index (χ1) is 20.8. The molecule has 0 aromatic heterocycles. The molecular weight excluding hydrogens is 544 g/mol. The van der Waals surface area contributed by atoms with Crippen LogP contribution in [0.5, 0.6) is 0 Å². The van der Waals surface area contributed by atoms with Crippen LogP contribution < -0.4 is 0 Å². The molecule has 2 bridgehead atoms. The molecule has 5 atom stereocenters. The summed E-state index contributed by atoms with van der Waals surface area (Å²) in [5.41, 5.74) is 4.83. The van der Waals surface area contributed by atoms with Crippen LogP contribution in [0.15, 0.2) is 83.8 Å². The zero-order valence-corrected chi connectivity index (χ0v) is 25.9. The highest BCUT2D eigenvalue weighted by Crippen LogP contribution is 2.38. The highest BCUT2D eigenvalue weighted by atomic mass is 32.2. The summed E-state index contributed by atoms with van der Waals surface area (Å²) in [4.78, 5) is 1.14. The van der Waals surface area contributed by atoms with Crippen LogP contribution in [0, 0.1) is 0 Å². The zero-order valence-electron chi connectivity index (χ0n) is 25.1. The average molecular weight is 591 g/mol. The van der Waals surface area contributed by atoms with Gasteiger partial charge in [0.2, 0.25) is 0 Å². The third kappa shape index (κ3) is 8.46. The molecule has 1 saturated heterocycles. The van der Waals surface area contributed by atoms with Crippen molar-refractivity contribution >= 4 is 11.8 Å². The standard InChI is InChI=1S/C36H46O5S/c1-3-5-22-38-33-32-26-37-24-29-16-12-10-14-27(29)20-21-28-15-11-13-17-30(28)25-40-34(33)35(39-23-6-4-2)36(41-32)42-31-18-8-7-9-19-31/h7-19,32-36H,3-6,20-26H2,1-2H3/t32?,33-,34?,35+,36+/m1/s1. The summed E-state index contributed by atoms with van der Waals surface area (Å²) < 4.78 is 33.5. The minimum absolute atomic E-state index is 0.260. The van der Waals surface area contributed by atoms with Gasteiger partial charge in [0.1, 0.15) is 29.9 Å². The van der Waals surface area contributed by atoms with E-state index in [9.17, 15) is 0 Å². The second-order valence-corrected chi connectivity index (χ2v) is 12.4. The van der Waals surface area contributed by atoms with Gasteiger partial charge in [-0.1, -0.05) is 105 Å². The molecule has 2 aliphatic heterocycles. The van der Waals surface area contributed by atoms with Crippen LogP contribution in [0.25, 0.3) is 0 Å². The van der Waals surface area contributed by atoms with Gasteiger partial charge >= 0.3 is 0 Å². The summed E-state index contributed by atoms with van der Waals surface area (Å²) in [5.74, 6) is 0. The monoisotopic (exact) mass is 590 g/mol. The topological polar surface area (TPSA) is 46.2 Å². The van der Waals surface area contributed by atoms with E-state index in [0.29, 0.717) is 33.0 Å². The molecule has 0 aliphatic carbocycles. The molecule has 2 unspecified atom stereocenters. The van der Waals surface area contributed by atoms with Crippen LogP contribution in [0.3, 0.4) is 0 Å². The molecule has 0 spiro atoms. The number of aryl methyl sites for hydroxylation is 2. The summed E-state index contributed by atoms with van der Waals surface area (Å²) in [6.07, 6.45) is 4.83. The van der Waals surface area contributed by atoms with Crippen molar-refractivity contribution < 1.29 is 23.7 Å². The van der Waals surface area contributed by atoms with Crippen molar-refractivity contribution in [3.63, 3.8) is 0 Å². The molecule has 2 aliphatic rings. The molecule has 0 radical (unpaired) electrons. The number of fused-ring (bicyclic) bond motifs is 4. The third-order valence-corrected chi connectivity index (χ3v) is 9.23. The fourth-order valence-electron chi connectivity index (χ4n) is 5.66. The average Bonchev–Trinajstić information content (AvgIpc) is 3.02. The number of unbranched alkanes of at least 4 members (excludes halogenated alkanes) is 2. The molecule has 42 heavy (non-hydrogen) atoms. The van der Waals surface area contributed by atoms with Crippen molar-refractivity contribution in [1.82, 2.24) is 0 Å². The van der Waals surface area contributed by atoms with Gasteiger partial charge in [-0.25, -0.2) is 0 Å². The molecule has 2 heterocycles. The van der Waals surface area contributed by atoms with Crippen LogP contribution in [0.1, 0.15) is 61.8 Å². The first kappa shape index (κ1) is 31.2. The number of hydrogen-bond donors (Lipinski definition) is 0. The summed E-state index contributed by atoms with van der Waals surface area (Å²) in [7, 11) is 0. The van der Waals surface area contributed by atoms with Gasteiger partial charge in [0, 0.05) is 18.1 Å². The normalized spacial score (nSPS) is 24.8. The molecule has 226 valence electrons. The molecule has 0 amide bonds. The Balaban J connectivity index is 1.50. The Morgan fingerprint density at radius 3 is 1.90 bits per heavy atom. The van der Waals surface area contributed by atoms with Gasteiger partial charge in [-0.2, -0.15) is 0 Å². The van der Waals surface area contributed by atoms with Crippen LogP contribution in [0.2, 0.25) is 0 Å². The van der Waals surface area contributed by atoms with Gasteiger partial charge in [-0.3, -0.25) is 0 Å². The van der Waals surface area contributed by atoms with E-state index < -0.39 is 0 Å². The summed E-state index contributed by atoms with van der Waals surface area (Å²) in [5, 5.41) is 0. The van der Waals surface area contributed by atoms with Crippen LogP contribution in [-0.4, -0.2) is 49.7 Å². The van der Waals surface area contributed by atoms with Gasteiger partial charge < -0.3 is 23.7 Å². The first-order valence-electron chi connectivity index (χ1n) is 15.7. The molecule has 1 fully saturated rings. The van der Waals surface area contributed by atoms with E-state index >= 15 is 0 Å². The van der Waals surface area contributed by atoms with E-state index in [2.05, 4.69) is 86.6 Å². The van der Waals surface area contributed by atoms with Gasteiger partial charge in [0.25, 0.3) is 0 Å². The Hall–Kier alpha value is -2.19. The number of hydrogen-bond acceptors (Lipinski definition) is 6. The zero-order chi connectivity index (χ0) is 29.0. The molecule has 5 rings (SSSR count). The lowest BCUT2D eigenvalue weighted by Gasteiger charge is -2.46. The highest BCUT2D eigenvalue weighted by Gasteiger charge is 2.48. The van der Waals surface area contributed by atoms with Crippen LogP contribution in [-0.2, 0) is 49.7 Å². The highest BCUT2D eigenvalue weighted by molar-refractivity contribution is 7.99. The van der Waals surface area contributed by atoms with Gasteiger partial charge in [0.15, 0.2) is 0 Å². The lowest BCUT2D eigenvalue weighted by Crippen LogP contribution is -2.60. The Bertz CT molecular complexity index is 1200. The van der Waals surface area contributed by atoms with Crippen molar-refractivity contribution in [1.29, 1.82) is 0 Å². The molecular formula is C36H46O5S. The number of ether oxygens (including phenoxy) is 5. The van der Waals surface area contributed by atoms with Crippen molar-refractivity contribution in [3.05, 3.63) is 101 Å². The summed E-state index contributed by atoms with van der Waals surface area (Å²) in [6, 6.07) is 27.7. The molecule has 0 saturated carbocycles. The lowest BCUT2D eigenvalue weighted by molar-refractivity contribution is -0.250. The predicted molar refractivity (Wildman–Crippen MR) is 169 cm³/mol. The predicted octanol–water partition coefficient (Wildman–Crippen LogP) is 7.78. The third-order valence-electron chi connectivity index (χ3n) is 8.07. The van der Waals surface area contributed by atoms with Crippen LogP contribution in [0.4, 0.5) is 0 Å². The summed E-state index contributed by atoms with van der Waals surface area (Å²) >= 11 is 1.70. The number of thioether (sulfide) groups is 1. The van der Waals surface area contributed by atoms with E-state index in [1.807, 2.05) is 6.07 Å². The van der Waals surface area contributed by atoms with Crippen molar-refractivity contribution in [2.24, 2.45) is 0 Å². The Kier molecular flexibility index (Phi) is 12.3. The number of benzene rings is 3. The molecule has 3 aromatic carbocycles. The SMILES string of the molecule is CCCCO[C@@H]1C2COCc3ccccc3CCc3ccccc3COC1[C@H](OCCCC)[C@H](Sc1ccccc1)O2. The molecule has 6 heteroatoms. The minimum atomic E-state index is -0.304. The number of rotatable bonds is 10. The Labute approximate surface area is 256 Å². The second-order valence-electron chi connectivity index (χ2n) is 11.2. The minimum Gasteiger partial charge on any atom is -0.374 e. The molecule has 3 aromatic rings. The Morgan fingerprint density at radius 2 is 1.26 bits per heavy atom. The van der Waals surface area contributed by atoms with Crippen LogP contribution >= 0.6 is 11.8 Å². The maximum absolute atomic E-state index is 6.91. The fraction of sp³-hybridized carbons (Fsp3) is 0.500. The van der Waals surface area contributed by atoms with Gasteiger partial charge in [-0.15, -0.1) is 0 Å². The smallest absolute Gasteiger partial charge is 0.137 e. The van der Waals surface area contributed by atoms with Gasteiger partial charge in [0.05, 0.1) is 19.8 Å². The van der Waals surface area contributed by atoms with Crippen molar-refractivity contribution in [3.8, 4) is 0 Å². The Morgan fingerprint density at radius 1 is 0.690 bits per heavy atom. The maximum atomic E-state index is 6.91. The van der Waals surface area contributed by atoms with Crippen molar-refractivity contribution in [2.75, 3.05) is 19.8 Å². The van der Waals surface area contributed by atoms with E-state index in [1.165, 1.54) is 22.3 Å². The molecule has 0 N–H and O–H groups in total. The van der Waals surface area contributed by atoms with E-state index in [0.717, 1.165) is 43.4 Å². The largest absolute Gasteiger partial charge is 0.374 e. The second kappa shape index (κ2) is 16.6. The first-order valence-corrected chi connectivity index (χ1v) is 16.6. The van der Waals surface area contributed by atoms with E-state index in [4.69, 9.17) is 23.7 Å². The summed E-state index contributed by atoms with van der Waals surface area (Å²) in [6.45, 7) is 7.15. The lowest BCUT2D eigenvalue weighted by atomic mass is 9.96. The van der Waals surface area contributed by atoms with Gasteiger partial charge in [-0.05, 0) is 60.1 Å². The maximum Gasteiger partial charge on any atom is 0.137 e.